The average molecular weight is 331 g/mol. The van der Waals surface area contributed by atoms with Crippen molar-refractivity contribution in [1.29, 1.82) is 0 Å². The van der Waals surface area contributed by atoms with Gasteiger partial charge in [-0.1, -0.05) is 42.5 Å². The zero-order valence-electron chi connectivity index (χ0n) is 13.1. The molecule has 24 heavy (non-hydrogen) atoms. The molecule has 0 bridgehead atoms. The molecule has 2 aromatic rings. The molecule has 0 radical (unpaired) electrons. The van der Waals surface area contributed by atoms with Crippen LogP contribution in [0.3, 0.4) is 0 Å². The lowest BCUT2D eigenvalue weighted by molar-refractivity contribution is 0.151. The third-order valence-electron chi connectivity index (χ3n) is 3.94. The largest absolute Gasteiger partial charge is 0.493 e. The van der Waals surface area contributed by atoms with E-state index in [2.05, 4.69) is 10.3 Å². The minimum atomic E-state index is -2.46. The highest BCUT2D eigenvalue weighted by Crippen LogP contribution is 2.31. The molecular formula is C18H19F2N3O. The van der Waals surface area contributed by atoms with Crippen LogP contribution < -0.4 is 15.8 Å². The van der Waals surface area contributed by atoms with Crippen molar-refractivity contribution in [3.8, 4) is 5.75 Å². The first-order valence-electron chi connectivity index (χ1n) is 7.78. The predicted molar refractivity (Wildman–Crippen MR) is 89.2 cm³/mol. The van der Waals surface area contributed by atoms with Crippen LogP contribution in [0.2, 0.25) is 0 Å². The predicted octanol–water partition coefficient (Wildman–Crippen LogP) is 3.55. The van der Waals surface area contributed by atoms with E-state index in [-0.39, 0.29) is 11.6 Å². The van der Waals surface area contributed by atoms with Crippen LogP contribution in [-0.2, 0) is 6.54 Å². The molecule has 6 heteroatoms. The molecule has 0 fully saturated rings. The van der Waals surface area contributed by atoms with Crippen LogP contribution in [0.4, 0.5) is 8.78 Å². The third-order valence-corrected chi connectivity index (χ3v) is 3.94. The third kappa shape index (κ3) is 3.82. The van der Waals surface area contributed by atoms with E-state index >= 15 is 0 Å². The van der Waals surface area contributed by atoms with Crippen molar-refractivity contribution < 1.29 is 13.5 Å². The molecule has 0 aliphatic carbocycles. The summed E-state index contributed by atoms with van der Waals surface area (Å²) in [6, 6.07) is 14.0. The molecule has 1 atom stereocenters. The number of nitrogens with one attached hydrogen (secondary N) is 1. The van der Waals surface area contributed by atoms with Gasteiger partial charge < -0.3 is 15.8 Å². The molecule has 2 aromatic carbocycles. The highest BCUT2D eigenvalue weighted by atomic mass is 19.3. The Bertz CT molecular complexity index is 716. The summed E-state index contributed by atoms with van der Waals surface area (Å²) in [5.41, 5.74) is 7.86. The van der Waals surface area contributed by atoms with E-state index in [1.165, 1.54) is 12.1 Å². The van der Waals surface area contributed by atoms with Crippen molar-refractivity contribution in [2.24, 2.45) is 10.7 Å². The normalized spacial score (nSPS) is 17.3. The molecule has 3 N–H and O–H groups in total. The van der Waals surface area contributed by atoms with E-state index in [1.54, 1.807) is 12.1 Å². The van der Waals surface area contributed by atoms with Gasteiger partial charge in [0.15, 0.2) is 5.96 Å². The SMILES string of the molecule is NC(=NCc1ccc(C(F)F)cc1)NC1CCOc2ccccc21. The van der Waals surface area contributed by atoms with Crippen molar-refractivity contribution in [3.63, 3.8) is 0 Å². The van der Waals surface area contributed by atoms with E-state index in [0.29, 0.717) is 19.1 Å². The molecule has 1 unspecified atom stereocenters. The van der Waals surface area contributed by atoms with E-state index in [0.717, 1.165) is 23.3 Å². The number of benzene rings is 2. The number of halogens is 2. The van der Waals surface area contributed by atoms with Crippen molar-refractivity contribution in [2.75, 3.05) is 6.61 Å². The van der Waals surface area contributed by atoms with Gasteiger partial charge in [-0.25, -0.2) is 13.8 Å². The summed E-state index contributed by atoms with van der Waals surface area (Å²) >= 11 is 0. The van der Waals surface area contributed by atoms with Crippen LogP contribution in [0.25, 0.3) is 0 Å². The minimum Gasteiger partial charge on any atom is -0.493 e. The van der Waals surface area contributed by atoms with Gasteiger partial charge in [0.25, 0.3) is 6.43 Å². The number of fused-ring (bicyclic) bond motifs is 1. The van der Waals surface area contributed by atoms with Crippen molar-refractivity contribution in [2.45, 2.75) is 25.4 Å². The van der Waals surface area contributed by atoms with Gasteiger partial charge in [-0.05, 0) is 11.6 Å². The lowest BCUT2D eigenvalue weighted by atomic mass is 10.0. The molecule has 3 rings (SSSR count). The summed E-state index contributed by atoms with van der Waals surface area (Å²) in [4.78, 5) is 4.29. The number of alkyl halides is 2. The van der Waals surface area contributed by atoms with Crippen LogP contribution in [0.1, 0.15) is 35.6 Å². The molecule has 4 nitrogen and oxygen atoms in total. The zero-order chi connectivity index (χ0) is 16.9. The molecule has 1 heterocycles. The fourth-order valence-corrected chi connectivity index (χ4v) is 2.66. The average Bonchev–Trinajstić information content (AvgIpc) is 2.61. The highest BCUT2D eigenvalue weighted by Gasteiger charge is 2.21. The second-order valence-electron chi connectivity index (χ2n) is 5.62. The monoisotopic (exact) mass is 331 g/mol. The van der Waals surface area contributed by atoms with Crippen LogP contribution >= 0.6 is 0 Å². The van der Waals surface area contributed by atoms with E-state index in [4.69, 9.17) is 10.5 Å². The molecule has 0 spiro atoms. The molecule has 1 aliphatic heterocycles. The van der Waals surface area contributed by atoms with Gasteiger partial charge in [0.1, 0.15) is 5.75 Å². The Kier molecular flexibility index (Phi) is 4.93. The van der Waals surface area contributed by atoms with Crippen molar-refractivity contribution in [1.82, 2.24) is 5.32 Å². The standard InChI is InChI=1S/C18H19F2N3O/c19-17(20)13-7-5-12(6-8-13)11-22-18(21)23-15-9-10-24-16-4-2-1-3-14(15)16/h1-8,15,17H,9-11H2,(H3,21,22,23). The maximum Gasteiger partial charge on any atom is 0.263 e. The van der Waals surface area contributed by atoms with Crippen molar-refractivity contribution >= 4 is 5.96 Å². The van der Waals surface area contributed by atoms with Crippen molar-refractivity contribution in [3.05, 3.63) is 65.2 Å². The molecule has 0 amide bonds. The number of guanidine groups is 1. The fraction of sp³-hybridized carbons (Fsp3) is 0.278. The number of aliphatic imine (C=N–C) groups is 1. The summed E-state index contributed by atoms with van der Waals surface area (Å²) < 4.78 is 30.7. The van der Waals surface area contributed by atoms with E-state index in [9.17, 15) is 8.78 Å². The summed E-state index contributed by atoms with van der Waals surface area (Å²) in [5.74, 6) is 1.19. The number of para-hydroxylation sites is 1. The van der Waals surface area contributed by atoms with Crippen LogP contribution in [0, 0.1) is 0 Å². The molecule has 0 aromatic heterocycles. The lowest BCUT2D eigenvalue weighted by Crippen LogP contribution is -2.37. The van der Waals surface area contributed by atoms with Gasteiger partial charge in [0, 0.05) is 17.5 Å². The first kappa shape index (κ1) is 16.2. The van der Waals surface area contributed by atoms with Gasteiger partial charge >= 0.3 is 0 Å². The molecule has 1 aliphatic rings. The maximum atomic E-state index is 12.5. The Morgan fingerprint density at radius 2 is 1.96 bits per heavy atom. The molecule has 126 valence electrons. The van der Waals surface area contributed by atoms with Crippen LogP contribution in [0.15, 0.2) is 53.5 Å². The number of hydrogen-bond donors (Lipinski definition) is 2. The quantitative estimate of drug-likeness (QED) is 0.665. The minimum absolute atomic E-state index is 0.00707. The highest BCUT2D eigenvalue weighted by molar-refractivity contribution is 5.78. The molecule has 0 saturated carbocycles. The number of hydrogen-bond acceptors (Lipinski definition) is 2. The second kappa shape index (κ2) is 7.29. The van der Waals surface area contributed by atoms with Gasteiger partial charge in [-0.3, -0.25) is 0 Å². The summed E-state index contributed by atoms with van der Waals surface area (Å²) in [7, 11) is 0. The lowest BCUT2D eigenvalue weighted by Gasteiger charge is -2.26. The Balaban J connectivity index is 1.63. The number of ether oxygens (including phenoxy) is 1. The van der Waals surface area contributed by atoms with E-state index < -0.39 is 6.43 Å². The second-order valence-corrected chi connectivity index (χ2v) is 5.62. The molecular weight excluding hydrogens is 312 g/mol. The summed E-state index contributed by atoms with van der Waals surface area (Å²) in [5, 5.41) is 3.20. The smallest absolute Gasteiger partial charge is 0.263 e. The Morgan fingerprint density at radius 1 is 1.21 bits per heavy atom. The van der Waals surface area contributed by atoms with Gasteiger partial charge in [-0.15, -0.1) is 0 Å². The first-order chi connectivity index (χ1) is 11.6. The number of rotatable bonds is 4. The molecule has 0 saturated heterocycles. The van der Waals surface area contributed by atoms with E-state index in [1.807, 2.05) is 24.3 Å². The van der Waals surface area contributed by atoms with Gasteiger partial charge in [0.2, 0.25) is 0 Å². The Morgan fingerprint density at radius 3 is 2.71 bits per heavy atom. The summed E-state index contributed by atoms with van der Waals surface area (Å²) in [6.45, 7) is 0.963. The van der Waals surface area contributed by atoms with Crippen LogP contribution in [-0.4, -0.2) is 12.6 Å². The maximum absolute atomic E-state index is 12.5. The Labute approximate surface area is 139 Å². The topological polar surface area (TPSA) is 59.6 Å². The number of nitrogens with zero attached hydrogens (tertiary/aromatic N) is 1. The zero-order valence-corrected chi connectivity index (χ0v) is 13.1. The fourth-order valence-electron chi connectivity index (χ4n) is 2.66. The Hall–Kier alpha value is -2.63. The van der Waals surface area contributed by atoms with Gasteiger partial charge in [0.05, 0.1) is 19.2 Å². The summed E-state index contributed by atoms with van der Waals surface area (Å²) in [6.07, 6.45) is -1.65. The van der Waals surface area contributed by atoms with Gasteiger partial charge in [-0.2, -0.15) is 0 Å². The van der Waals surface area contributed by atoms with Crippen LogP contribution in [0.5, 0.6) is 5.75 Å². The number of nitrogens with two attached hydrogens (primary N) is 1. The first-order valence-corrected chi connectivity index (χ1v) is 7.78.